The minimum Gasteiger partial charge on any atom is -0.487 e. The molecule has 1 heterocycles. The zero-order valence-electron chi connectivity index (χ0n) is 16.0. The fourth-order valence-electron chi connectivity index (χ4n) is 3.42. The van der Waals surface area contributed by atoms with Crippen molar-refractivity contribution < 1.29 is 14.5 Å². The molecule has 0 unspecified atom stereocenters. The predicted octanol–water partition coefficient (Wildman–Crippen LogP) is 3.39. The van der Waals surface area contributed by atoms with E-state index < -0.39 is 4.92 Å². The van der Waals surface area contributed by atoms with Gasteiger partial charge in [-0.25, -0.2) is 0 Å². The summed E-state index contributed by atoms with van der Waals surface area (Å²) in [5.74, 6) is -0.106. The fraction of sp³-hybridized carbons (Fsp3) is 0.381. The monoisotopic (exact) mass is 383 g/mol. The highest BCUT2D eigenvalue weighted by molar-refractivity contribution is 5.95. The van der Waals surface area contributed by atoms with Crippen molar-refractivity contribution >= 4 is 11.6 Å². The number of hydrogen-bond donors (Lipinski definition) is 1. The van der Waals surface area contributed by atoms with E-state index >= 15 is 0 Å². The summed E-state index contributed by atoms with van der Waals surface area (Å²) in [7, 11) is 0. The van der Waals surface area contributed by atoms with Gasteiger partial charge in [-0.2, -0.15) is 0 Å². The molecule has 1 aliphatic heterocycles. The number of nitro benzene ring substituents is 1. The Kier molecular flexibility index (Phi) is 6.60. The maximum absolute atomic E-state index is 12.5. The number of benzene rings is 2. The Morgan fingerprint density at radius 2 is 1.93 bits per heavy atom. The minimum atomic E-state index is -0.524. The minimum absolute atomic E-state index is 0.0742. The summed E-state index contributed by atoms with van der Waals surface area (Å²) < 4.78 is 5.26. The second-order valence-corrected chi connectivity index (χ2v) is 6.88. The van der Waals surface area contributed by atoms with Gasteiger partial charge in [0, 0.05) is 37.3 Å². The molecule has 0 saturated carbocycles. The number of rotatable bonds is 7. The second-order valence-electron chi connectivity index (χ2n) is 6.88. The molecule has 0 radical (unpaired) electrons. The van der Waals surface area contributed by atoms with E-state index in [0.717, 1.165) is 32.5 Å². The molecule has 0 aromatic heterocycles. The van der Waals surface area contributed by atoms with E-state index in [1.54, 1.807) is 13.0 Å². The van der Waals surface area contributed by atoms with Gasteiger partial charge in [0.15, 0.2) is 5.75 Å². The zero-order chi connectivity index (χ0) is 19.9. The van der Waals surface area contributed by atoms with Crippen LogP contribution >= 0.6 is 0 Å². The molecule has 1 saturated heterocycles. The van der Waals surface area contributed by atoms with Crippen molar-refractivity contribution in [1.29, 1.82) is 0 Å². The van der Waals surface area contributed by atoms with Crippen LogP contribution in [0.4, 0.5) is 5.69 Å². The van der Waals surface area contributed by atoms with Crippen LogP contribution in [-0.2, 0) is 6.54 Å². The molecule has 1 amide bonds. The Morgan fingerprint density at radius 3 is 2.57 bits per heavy atom. The van der Waals surface area contributed by atoms with E-state index in [9.17, 15) is 14.9 Å². The van der Waals surface area contributed by atoms with Crippen LogP contribution in [0.25, 0.3) is 0 Å². The van der Waals surface area contributed by atoms with Crippen LogP contribution in [0.1, 0.15) is 35.7 Å². The van der Waals surface area contributed by atoms with Gasteiger partial charge in [-0.05, 0) is 37.5 Å². The molecule has 28 heavy (non-hydrogen) atoms. The molecule has 0 aliphatic carbocycles. The number of ether oxygens (including phenoxy) is 1. The first-order valence-electron chi connectivity index (χ1n) is 9.55. The van der Waals surface area contributed by atoms with Crippen LogP contribution in [0.2, 0.25) is 0 Å². The van der Waals surface area contributed by atoms with Gasteiger partial charge < -0.3 is 10.1 Å². The van der Waals surface area contributed by atoms with E-state index in [-0.39, 0.29) is 28.9 Å². The highest BCUT2D eigenvalue weighted by atomic mass is 16.6. The number of nitro groups is 1. The molecule has 0 spiro atoms. The number of nitrogens with zero attached hydrogens (tertiary/aromatic N) is 2. The molecule has 7 nitrogen and oxygen atoms in total. The molecule has 7 heteroatoms. The third-order valence-electron chi connectivity index (χ3n) is 4.89. The number of carbonyl (C=O) groups excluding carboxylic acids is 1. The molecule has 2 aromatic carbocycles. The molecule has 2 aromatic rings. The lowest BCUT2D eigenvalue weighted by Gasteiger charge is -2.32. The first-order valence-corrected chi connectivity index (χ1v) is 9.55. The van der Waals surface area contributed by atoms with Crippen LogP contribution in [0.5, 0.6) is 5.75 Å². The summed E-state index contributed by atoms with van der Waals surface area (Å²) in [4.78, 5) is 25.6. The summed E-state index contributed by atoms with van der Waals surface area (Å²) in [6, 6.07) is 14.7. The van der Waals surface area contributed by atoms with Crippen LogP contribution in [0, 0.1) is 10.1 Å². The van der Waals surface area contributed by atoms with Crippen LogP contribution < -0.4 is 10.1 Å². The molecular formula is C21H25N3O4. The van der Waals surface area contributed by atoms with Crippen LogP contribution in [0.15, 0.2) is 48.5 Å². The number of carbonyl (C=O) groups is 1. The van der Waals surface area contributed by atoms with E-state index in [0.29, 0.717) is 6.61 Å². The highest BCUT2D eigenvalue weighted by Crippen LogP contribution is 2.28. The molecular weight excluding hydrogens is 358 g/mol. The largest absolute Gasteiger partial charge is 0.487 e. The summed E-state index contributed by atoms with van der Waals surface area (Å²) in [5.41, 5.74) is 1.38. The number of nitrogens with one attached hydrogen (secondary N) is 1. The lowest BCUT2D eigenvalue weighted by molar-refractivity contribution is -0.385. The lowest BCUT2D eigenvalue weighted by atomic mass is 10.0. The summed E-state index contributed by atoms with van der Waals surface area (Å²) >= 11 is 0. The first-order chi connectivity index (χ1) is 13.6. The van der Waals surface area contributed by atoms with Crippen molar-refractivity contribution in [2.45, 2.75) is 32.4 Å². The summed E-state index contributed by atoms with van der Waals surface area (Å²) in [6.45, 7) is 4.81. The molecule has 1 fully saturated rings. The van der Waals surface area contributed by atoms with E-state index in [1.807, 2.05) is 18.2 Å². The standard InChI is InChI=1S/C21H25N3O4/c1-2-28-20-9-8-17(14-19(20)24(26)27)21(25)22-18-10-12-23(13-11-18)15-16-6-4-3-5-7-16/h3-9,14,18H,2,10-13,15H2,1H3,(H,22,25). The Labute approximate surface area is 164 Å². The SMILES string of the molecule is CCOc1ccc(C(=O)NC2CCN(Cc3ccccc3)CC2)cc1[N+](=O)[O-]. The first kappa shape index (κ1) is 19.8. The van der Waals surface area contributed by atoms with Crippen molar-refractivity contribution in [1.82, 2.24) is 10.2 Å². The second kappa shape index (κ2) is 9.32. The average molecular weight is 383 g/mol. The Balaban J connectivity index is 1.55. The number of piperidine rings is 1. The van der Waals surface area contributed by atoms with Crippen LogP contribution in [-0.4, -0.2) is 41.5 Å². The van der Waals surface area contributed by atoms with Gasteiger partial charge in [-0.1, -0.05) is 30.3 Å². The molecule has 1 aliphatic rings. The Morgan fingerprint density at radius 1 is 1.21 bits per heavy atom. The van der Waals surface area contributed by atoms with Gasteiger partial charge in [0.25, 0.3) is 5.91 Å². The van der Waals surface area contributed by atoms with Gasteiger partial charge in [0.1, 0.15) is 0 Å². The van der Waals surface area contributed by atoms with Crippen molar-refractivity contribution in [3.8, 4) is 5.75 Å². The molecule has 3 rings (SSSR count). The van der Waals surface area contributed by atoms with Crippen molar-refractivity contribution in [2.24, 2.45) is 0 Å². The number of hydrogen-bond acceptors (Lipinski definition) is 5. The van der Waals surface area contributed by atoms with Crippen LogP contribution in [0.3, 0.4) is 0 Å². The number of likely N-dealkylation sites (tertiary alicyclic amines) is 1. The summed E-state index contributed by atoms with van der Waals surface area (Å²) in [5, 5.41) is 14.2. The number of amides is 1. The van der Waals surface area contributed by atoms with Gasteiger partial charge in [0.2, 0.25) is 0 Å². The zero-order valence-corrected chi connectivity index (χ0v) is 16.0. The topological polar surface area (TPSA) is 84.7 Å². The Bertz CT molecular complexity index is 818. The van der Waals surface area contributed by atoms with E-state index in [1.165, 1.54) is 17.7 Å². The highest BCUT2D eigenvalue weighted by Gasteiger charge is 2.23. The molecule has 1 N–H and O–H groups in total. The summed E-state index contributed by atoms with van der Waals surface area (Å²) in [6.07, 6.45) is 1.72. The van der Waals surface area contributed by atoms with Gasteiger partial charge >= 0.3 is 5.69 Å². The predicted molar refractivity (Wildman–Crippen MR) is 106 cm³/mol. The fourth-order valence-corrected chi connectivity index (χ4v) is 3.42. The molecule has 148 valence electrons. The van der Waals surface area contributed by atoms with Crippen molar-refractivity contribution in [3.63, 3.8) is 0 Å². The van der Waals surface area contributed by atoms with Crippen molar-refractivity contribution in [2.75, 3.05) is 19.7 Å². The van der Waals surface area contributed by atoms with Crippen molar-refractivity contribution in [3.05, 3.63) is 69.8 Å². The van der Waals surface area contributed by atoms with Gasteiger partial charge in [-0.15, -0.1) is 0 Å². The molecule has 0 atom stereocenters. The maximum Gasteiger partial charge on any atom is 0.311 e. The third kappa shape index (κ3) is 5.07. The van der Waals surface area contributed by atoms with Gasteiger partial charge in [-0.3, -0.25) is 19.8 Å². The van der Waals surface area contributed by atoms with Gasteiger partial charge in [0.05, 0.1) is 11.5 Å². The average Bonchev–Trinajstić information content (AvgIpc) is 2.70. The smallest absolute Gasteiger partial charge is 0.311 e. The van der Waals surface area contributed by atoms with E-state index in [2.05, 4.69) is 22.3 Å². The third-order valence-corrected chi connectivity index (χ3v) is 4.89. The Hall–Kier alpha value is -2.93. The quantitative estimate of drug-likeness (QED) is 0.585. The molecule has 0 bridgehead atoms. The maximum atomic E-state index is 12.5. The lowest BCUT2D eigenvalue weighted by Crippen LogP contribution is -2.44. The normalized spacial score (nSPS) is 15.2. The van der Waals surface area contributed by atoms with E-state index in [4.69, 9.17) is 4.74 Å².